The van der Waals surface area contributed by atoms with Crippen molar-refractivity contribution in [2.24, 2.45) is 0 Å². The van der Waals surface area contributed by atoms with Gasteiger partial charge < -0.3 is 9.84 Å². The molecule has 0 aliphatic carbocycles. The summed E-state index contributed by atoms with van der Waals surface area (Å²) < 4.78 is 5.01. The zero-order chi connectivity index (χ0) is 11.5. The Bertz CT molecular complexity index is 522. The third-order valence-corrected chi connectivity index (χ3v) is 2.11. The minimum Gasteiger partial charge on any atom is -0.495 e. The monoisotopic (exact) mass is 219 g/mol. The second kappa shape index (κ2) is 4.01. The highest BCUT2D eigenvalue weighted by Gasteiger charge is 2.14. The third kappa shape index (κ3) is 1.72. The first kappa shape index (κ1) is 10.2. The fourth-order valence-electron chi connectivity index (χ4n) is 1.34. The number of pyridine rings is 1. The number of nitrogens with zero attached hydrogens (tertiary/aromatic N) is 2. The quantitative estimate of drug-likeness (QED) is 0.809. The topological polar surface area (TPSA) is 88.1 Å². The molecule has 2 heterocycles. The van der Waals surface area contributed by atoms with Gasteiger partial charge in [-0.05, 0) is 6.07 Å². The van der Waals surface area contributed by atoms with Crippen molar-refractivity contribution >= 4 is 5.97 Å². The van der Waals surface area contributed by atoms with E-state index in [1.165, 1.54) is 13.3 Å². The SMILES string of the molecule is COc1cncc(-c2[nH]ncc2C(=O)O)c1. The Labute approximate surface area is 90.9 Å². The average Bonchev–Trinajstić information content (AvgIpc) is 2.78. The Morgan fingerprint density at radius 3 is 2.94 bits per heavy atom. The lowest BCUT2D eigenvalue weighted by Gasteiger charge is -2.02. The smallest absolute Gasteiger partial charge is 0.339 e. The predicted molar refractivity (Wildman–Crippen MR) is 55.3 cm³/mol. The van der Waals surface area contributed by atoms with Crippen LogP contribution in [-0.2, 0) is 0 Å². The highest BCUT2D eigenvalue weighted by atomic mass is 16.5. The first-order chi connectivity index (χ1) is 7.72. The van der Waals surface area contributed by atoms with Gasteiger partial charge in [-0.25, -0.2) is 4.79 Å². The molecule has 2 aromatic rings. The second-order valence-corrected chi connectivity index (χ2v) is 3.08. The van der Waals surface area contributed by atoms with Crippen LogP contribution >= 0.6 is 0 Å². The van der Waals surface area contributed by atoms with Crippen molar-refractivity contribution in [3.05, 3.63) is 30.2 Å². The van der Waals surface area contributed by atoms with E-state index in [0.717, 1.165) is 0 Å². The number of aromatic amines is 1. The van der Waals surface area contributed by atoms with Crippen molar-refractivity contribution in [2.45, 2.75) is 0 Å². The van der Waals surface area contributed by atoms with E-state index in [1.807, 2.05) is 0 Å². The van der Waals surface area contributed by atoms with Crippen molar-refractivity contribution < 1.29 is 14.6 Å². The molecule has 6 nitrogen and oxygen atoms in total. The summed E-state index contributed by atoms with van der Waals surface area (Å²) in [6, 6.07) is 1.69. The summed E-state index contributed by atoms with van der Waals surface area (Å²) in [5.74, 6) is -0.477. The van der Waals surface area contributed by atoms with Crippen LogP contribution in [0.2, 0.25) is 0 Å². The average molecular weight is 219 g/mol. The number of aromatic carboxylic acids is 1. The van der Waals surface area contributed by atoms with E-state index in [0.29, 0.717) is 17.0 Å². The second-order valence-electron chi connectivity index (χ2n) is 3.08. The summed E-state index contributed by atoms with van der Waals surface area (Å²) >= 11 is 0. The molecule has 2 aromatic heterocycles. The van der Waals surface area contributed by atoms with Crippen LogP contribution in [0.1, 0.15) is 10.4 Å². The van der Waals surface area contributed by atoms with Gasteiger partial charge in [0.05, 0.1) is 25.2 Å². The number of ether oxygens (including phenoxy) is 1. The third-order valence-electron chi connectivity index (χ3n) is 2.11. The number of carboxylic acid groups (broad SMARTS) is 1. The molecule has 6 heteroatoms. The van der Waals surface area contributed by atoms with Crippen molar-refractivity contribution in [2.75, 3.05) is 7.11 Å². The minimum absolute atomic E-state index is 0.107. The maximum atomic E-state index is 10.9. The van der Waals surface area contributed by atoms with E-state index in [9.17, 15) is 4.79 Å². The summed E-state index contributed by atoms with van der Waals surface area (Å²) in [6.07, 6.45) is 4.35. The van der Waals surface area contributed by atoms with Gasteiger partial charge in [0.2, 0.25) is 0 Å². The molecule has 0 saturated heterocycles. The Balaban J connectivity index is 2.50. The summed E-state index contributed by atoms with van der Waals surface area (Å²) in [7, 11) is 1.52. The molecule has 2 rings (SSSR count). The van der Waals surface area contributed by atoms with E-state index in [-0.39, 0.29) is 5.56 Å². The summed E-state index contributed by atoms with van der Waals surface area (Å²) in [5.41, 5.74) is 1.14. The fraction of sp³-hybridized carbons (Fsp3) is 0.100. The van der Waals surface area contributed by atoms with E-state index in [4.69, 9.17) is 9.84 Å². The van der Waals surface area contributed by atoms with Gasteiger partial charge in [-0.3, -0.25) is 10.1 Å². The number of aromatic nitrogens is 3. The standard InChI is InChI=1S/C10H9N3O3/c1-16-7-2-6(3-11-4-7)9-8(10(14)15)5-12-13-9/h2-5H,1H3,(H,12,13)(H,14,15). The van der Waals surface area contributed by atoms with E-state index in [1.54, 1.807) is 18.5 Å². The number of carbonyl (C=O) groups is 1. The van der Waals surface area contributed by atoms with Gasteiger partial charge >= 0.3 is 5.97 Å². The molecular formula is C10H9N3O3. The molecule has 0 amide bonds. The van der Waals surface area contributed by atoms with Crippen LogP contribution in [0.3, 0.4) is 0 Å². The van der Waals surface area contributed by atoms with Crippen molar-refractivity contribution in [1.29, 1.82) is 0 Å². The van der Waals surface area contributed by atoms with Crippen LogP contribution in [0, 0.1) is 0 Å². The lowest BCUT2D eigenvalue weighted by atomic mass is 10.1. The number of H-pyrrole nitrogens is 1. The van der Waals surface area contributed by atoms with Gasteiger partial charge in [0.15, 0.2) is 0 Å². The first-order valence-electron chi connectivity index (χ1n) is 4.48. The lowest BCUT2D eigenvalue weighted by molar-refractivity contribution is 0.0698. The highest BCUT2D eigenvalue weighted by molar-refractivity contribution is 5.94. The minimum atomic E-state index is -1.04. The molecule has 16 heavy (non-hydrogen) atoms. The van der Waals surface area contributed by atoms with Gasteiger partial charge in [-0.2, -0.15) is 5.10 Å². The molecule has 0 aromatic carbocycles. The Hall–Kier alpha value is -2.37. The first-order valence-corrected chi connectivity index (χ1v) is 4.48. The van der Waals surface area contributed by atoms with E-state index in [2.05, 4.69) is 15.2 Å². The molecule has 0 atom stereocenters. The maximum Gasteiger partial charge on any atom is 0.339 e. The molecule has 0 spiro atoms. The van der Waals surface area contributed by atoms with Crippen LogP contribution in [0.15, 0.2) is 24.7 Å². The van der Waals surface area contributed by atoms with Gasteiger partial charge in [0, 0.05) is 11.8 Å². The molecular weight excluding hydrogens is 210 g/mol. The summed E-state index contributed by atoms with van der Waals surface area (Å²) in [6.45, 7) is 0. The van der Waals surface area contributed by atoms with E-state index >= 15 is 0 Å². The van der Waals surface area contributed by atoms with Crippen LogP contribution in [0.5, 0.6) is 5.75 Å². The summed E-state index contributed by atoms with van der Waals surface area (Å²) in [4.78, 5) is 14.8. The normalized spacial score (nSPS) is 10.1. The number of hydrogen-bond donors (Lipinski definition) is 2. The van der Waals surface area contributed by atoms with Crippen molar-refractivity contribution in [1.82, 2.24) is 15.2 Å². The van der Waals surface area contributed by atoms with Gasteiger partial charge in [0.25, 0.3) is 0 Å². The number of carboxylic acids is 1. The maximum absolute atomic E-state index is 10.9. The zero-order valence-corrected chi connectivity index (χ0v) is 8.47. The molecule has 82 valence electrons. The van der Waals surface area contributed by atoms with Crippen LogP contribution < -0.4 is 4.74 Å². The van der Waals surface area contributed by atoms with Gasteiger partial charge in [-0.15, -0.1) is 0 Å². The van der Waals surface area contributed by atoms with Crippen LogP contribution in [-0.4, -0.2) is 33.4 Å². The largest absolute Gasteiger partial charge is 0.495 e. The number of methoxy groups -OCH3 is 1. The fourth-order valence-corrected chi connectivity index (χ4v) is 1.34. The molecule has 0 fully saturated rings. The van der Waals surface area contributed by atoms with Crippen molar-refractivity contribution in [3.8, 4) is 17.0 Å². The van der Waals surface area contributed by atoms with Crippen LogP contribution in [0.4, 0.5) is 0 Å². The molecule has 0 unspecified atom stereocenters. The number of hydrogen-bond acceptors (Lipinski definition) is 4. The van der Waals surface area contributed by atoms with Crippen molar-refractivity contribution in [3.63, 3.8) is 0 Å². The Kier molecular flexibility index (Phi) is 2.55. The molecule has 2 N–H and O–H groups in total. The molecule has 0 radical (unpaired) electrons. The number of nitrogens with one attached hydrogen (secondary N) is 1. The molecule has 0 aliphatic rings. The molecule has 0 bridgehead atoms. The Morgan fingerprint density at radius 2 is 2.25 bits per heavy atom. The predicted octanol–water partition coefficient (Wildman–Crippen LogP) is 1.18. The van der Waals surface area contributed by atoms with E-state index < -0.39 is 5.97 Å². The Morgan fingerprint density at radius 1 is 1.44 bits per heavy atom. The lowest BCUT2D eigenvalue weighted by Crippen LogP contribution is -1.97. The molecule has 0 aliphatic heterocycles. The van der Waals surface area contributed by atoms with Gasteiger partial charge in [-0.1, -0.05) is 0 Å². The summed E-state index contributed by atoms with van der Waals surface area (Å²) in [5, 5.41) is 15.3. The number of rotatable bonds is 3. The zero-order valence-electron chi connectivity index (χ0n) is 8.47. The molecule has 0 saturated carbocycles. The van der Waals surface area contributed by atoms with Gasteiger partial charge in [0.1, 0.15) is 11.3 Å². The highest BCUT2D eigenvalue weighted by Crippen LogP contribution is 2.23. The van der Waals surface area contributed by atoms with Crippen LogP contribution in [0.25, 0.3) is 11.3 Å².